The Bertz CT molecular complexity index is 411. The Morgan fingerprint density at radius 3 is 2.62 bits per heavy atom. The molecule has 1 atom stereocenters. The van der Waals surface area contributed by atoms with Gasteiger partial charge in [0.05, 0.1) is 0 Å². The fourth-order valence-corrected chi connectivity index (χ4v) is 2.50. The normalized spacial score (nSPS) is 26.4. The molecule has 1 aromatic carbocycles. The van der Waals surface area contributed by atoms with Gasteiger partial charge >= 0.3 is 0 Å². The molecule has 2 aliphatic rings. The fraction of sp³-hybridized carbons (Fsp3) is 0.462. The summed E-state index contributed by atoms with van der Waals surface area (Å²) in [5.41, 5.74) is 0.970. The maximum atomic E-state index is 12.2. The number of rotatable bonds is 2. The standard InChI is InChI=1S/C13H16N2O/c1-2-15-11(10-6-4-3-5-7-10)14-13(8-9-13)12(15)16/h3-7,11,14H,2,8-9H2,1H3. The highest BCUT2D eigenvalue weighted by Gasteiger charge is 2.58. The van der Waals surface area contributed by atoms with Crippen LogP contribution in [0.5, 0.6) is 0 Å². The molecule has 0 radical (unpaired) electrons. The largest absolute Gasteiger partial charge is 0.322 e. The van der Waals surface area contributed by atoms with Crippen LogP contribution < -0.4 is 5.32 Å². The maximum Gasteiger partial charge on any atom is 0.244 e. The molecule has 84 valence electrons. The molecule has 1 saturated carbocycles. The minimum absolute atomic E-state index is 0.0706. The average molecular weight is 216 g/mol. The zero-order valence-electron chi connectivity index (χ0n) is 9.44. The monoisotopic (exact) mass is 216 g/mol. The summed E-state index contributed by atoms with van der Waals surface area (Å²) < 4.78 is 0. The van der Waals surface area contributed by atoms with Crippen LogP contribution in [0.15, 0.2) is 30.3 Å². The van der Waals surface area contributed by atoms with Crippen molar-refractivity contribution in [3.05, 3.63) is 35.9 Å². The number of likely N-dealkylation sites (N-methyl/N-ethyl adjacent to an activating group) is 1. The molecular formula is C13H16N2O. The van der Waals surface area contributed by atoms with Crippen molar-refractivity contribution in [2.75, 3.05) is 6.54 Å². The Labute approximate surface area is 95.4 Å². The summed E-state index contributed by atoms with van der Waals surface area (Å²) in [5.74, 6) is 0.281. The van der Waals surface area contributed by atoms with E-state index in [0.717, 1.165) is 19.4 Å². The van der Waals surface area contributed by atoms with E-state index in [0.29, 0.717) is 0 Å². The summed E-state index contributed by atoms with van der Waals surface area (Å²) in [6.07, 6.45) is 2.05. The Morgan fingerprint density at radius 2 is 2.06 bits per heavy atom. The molecule has 2 fully saturated rings. The summed E-state index contributed by atoms with van der Waals surface area (Å²) in [7, 11) is 0. The molecule has 1 aliphatic carbocycles. The van der Waals surface area contributed by atoms with Gasteiger partial charge in [0.2, 0.25) is 5.91 Å². The van der Waals surface area contributed by atoms with E-state index in [4.69, 9.17) is 0 Å². The van der Waals surface area contributed by atoms with E-state index in [9.17, 15) is 4.79 Å². The van der Waals surface area contributed by atoms with Crippen LogP contribution in [0.1, 0.15) is 31.5 Å². The van der Waals surface area contributed by atoms with Gasteiger partial charge in [-0.3, -0.25) is 10.1 Å². The molecule has 1 unspecified atom stereocenters. The van der Waals surface area contributed by atoms with Crippen molar-refractivity contribution in [2.45, 2.75) is 31.5 Å². The third-order valence-corrected chi connectivity index (χ3v) is 3.60. The third kappa shape index (κ3) is 1.28. The highest BCUT2D eigenvalue weighted by molar-refractivity contribution is 5.91. The molecule has 1 amide bonds. The molecule has 0 bridgehead atoms. The molecule has 3 rings (SSSR count). The second kappa shape index (κ2) is 3.32. The van der Waals surface area contributed by atoms with Crippen LogP contribution in [0, 0.1) is 0 Å². The van der Waals surface area contributed by atoms with Gasteiger partial charge in [-0.05, 0) is 25.3 Å². The molecular weight excluding hydrogens is 200 g/mol. The van der Waals surface area contributed by atoms with E-state index in [1.54, 1.807) is 0 Å². The van der Waals surface area contributed by atoms with Gasteiger partial charge in [-0.2, -0.15) is 0 Å². The Morgan fingerprint density at radius 1 is 1.38 bits per heavy atom. The van der Waals surface area contributed by atoms with Gasteiger partial charge < -0.3 is 4.90 Å². The summed E-state index contributed by atoms with van der Waals surface area (Å²) in [4.78, 5) is 14.1. The molecule has 1 heterocycles. The molecule has 3 heteroatoms. The predicted octanol–water partition coefficient (Wildman–Crippen LogP) is 1.67. The minimum atomic E-state index is -0.212. The lowest BCUT2D eigenvalue weighted by atomic mass is 10.1. The van der Waals surface area contributed by atoms with Crippen LogP contribution in [0.25, 0.3) is 0 Å². The zero-order chi connectivity index (χ0) is 11.2. The summed E-state index contributed by atoms with van der Waals surface area (Å²) in [6.45, 7) is 2.81. The van der Waals surface area contributed by atoms with Crippen molar-refractivity contribution in [1.82, 2.24) is 10.2 Å². The second-order valence-electron chi connectivity index (χ2n) is 4.63. The lowest BCUT2D eigenvalue weighted by Gasteiger charge is -2.22. The maximum absolute atomic E-state index is 12.2. The first-order valence-corrected chi connectivity index (χ1v) is 5.90. The van der Waals surface area contributed by atoms with Crippen molar-refractivity contribution in [2.24, 2.45) is 0 Å². The van der Waals surface area contributed by atoms with Gasteiger partial charge in [0.1, 0.15) is 11.7 Å². The lowest BCUT2D eigenvalue weighted by Crippen LogP contribution is -2.32. The first kappa shape index (κ1) is 9.85. The van der Waals surface area contributed by atoms with Crippen molar-refractivity contribution < 1.29 is 4.79 Å². The number of amides is 1. The quantitative estimate of drug-likeness (QED) is 0.815. The first-order valence-electron chi connectivity index (χ1n) is 5.90. The number of carbonyl (C=O) groups is 1. The van der Waals surface area contributed by atoms with E-state index in [2.05, 4.69) is 17.4 Å². The van der Waals surface area contributed by atoms with E-state index in [1.165, 1.54) is 5.56 Å². The van der Waals surface area contributed by atoms with E-state index >= 15 is 0 Å². The van der Waals surface area contributed by atoms with Crippen molar-refractivity contribution >= 4 is 5.91 Å². The van der Waals surface area contributed by atoms with E-state index in [-0.39, 0.29) is 17.6 Å². The number of carbonyl (C=O) groups excluding carboxylic acids is 1. The smallest absolute Gasteiger partial charge is 0.244 e. The van der Waals surface area contributed by atoms with Gasteiger partial charge in [0.15, 0.2) is 0 Å². The van der Waals surface area contributed by atoms with Crippen molar-refractivity contribution in [3.8, 4) is 0 Å². The predicted molar refractivity (Wildman–Crippen MR) is 61.7 cm³/mol. The molecule has 3 nitrogen and oxygen atoms in total. The first-order chi connectivity index (χ1) is 7.77. The van der Waals surface area contributed by atoms with Crippen LogP contribution in [0.4, 0.5) is 0 Å². The zero-order valence-corrected chi connectivity index (χ0v) is 9.44. The highest BCUT2D eigenvalue weighted by atomic mass is 16.2. The number of nitrogens with one attached hydrogen (secondary N) is 1. The van der Waals surface area contributed by atoms with Crippen LogP contribution >= 0.6 is 0 Å². The molecule has 16 heavy (non-hydrogen) atoms. The molecule has 1 spiro atoms. The molecule has 1 aliphatic heterocycles. The number of nitrogens with zero attached hydrogens (tertiary/aromatic N) is 1. The van der Waals surface area contributed by atoms with Gasteiger partial charge in [-0.1, -0.05) is 30.3 Å². The Balaban J connectivity index is 1.94. The van der Waals surface area contributed by atoms with E-state index < -0.39 is 0 Å². The van der Waals surface area contributed by atoms with Gasteiger partial charge in [0.25, 0.3) is 0 Å². The molecule has 1 aromatic rings. The lowest BCUT2D eigenvalue weighted by molar-refractivity contribution is -0.130. The summed E-state index contributed by atoms with van der Waals surface area (Å²) in [5, 5.41) is 3.48. The van der Waals surface area contributed by atoms with Crippen molar-refractivity contribution in [1.29, 1.82) is 0 Å². The molecule has 1 N–H and O–H groups in total. The van der Waals surface area contributed by atoms with Crippen LogP contribution in [-0.4, -0.2) is 22.9 Å². The second-order valence-corrected chi connectivity index (χ2v) is 4.63. The Kier molecular flexibility index (Phi) is 2.04. The number of hydrogen-bond donors (Lipinski definition) is 1. The highest BCUT2D eigenvalue weighted by Crippen LogP contribution is 2.45. The van der Waals surface area contributed by atoms with Crippen LogP contribution in [0.3, 0.4) is 0 Å². The topological polar surface area (TPSA) is 32.3 Å². The third-order valence-electron chi connectivity index (χ3n) is 3.60. The average Bonchev–Trinajstić information content (AvgIpc) is 3.04. The molecule has 0 aromatic heterocycles. The van der Waals surface area contributed by atoms with Crippen molar-refractivity contribution in [3.63, 3.8) is 0 Å². The van der Waals surface area contributed by atoms with Crippen LogP contribution in [-0.2, 0) is 4.79 Å². The molecule has 1 saturated heterocycles. The fourth-order valence-electron chi connectivity index (χ4n) is 2.50. The van der Waals surface area contributed by atoms with Gasteiger partial charge in [0, 0.05) is 6.54 Å². The SMILES string of the molecule is CCN1C(=O)C2(CC2)NC1c1ccccc1. The minimum Gasteiger partial charge on any atom is -0.322 e. The summed E-state index contributed by atoms with van der Waals surface area (Å²) >= 11 is 0. The Hall–Kier alpha value is -1.35. The summed E-state index contributed by atoms with van der Waals surface area (Å²) in [6, 6.07) is 10.2. The van der Waals surface area contributed by atoms with Crippen LogP contribution in [0.2, 0.25) is 0 Å². The van der Waals surface area contributed by atoms with Gasteiger partial charge in [-0.25, -0.2) is 0 Å². The number of hydrogen-bond acceptors (Lipinski definition) is 2. The number of benzene rings is 1. The van der Waals surface area contributed by atoms with Gasteiger partial charge in [-0.15, -0.1) is 0 Å². The van der Waals surface area contributed by atoms with E-state index in [1.807, 2.05) is 30.0 Å².